The number of rotatable bonds is 8. The van der Waals surface area contributed by atoms with Crippen LogP contribution in [-0.4, -0.2) is 18.6 Å². The summed E-state index contributed by atoms with van der Waals surface area (Å²) in [7, 11) is 0. The second kappa shape index (κ2) is 8.10. The molecule has 0 radical (unpaired) electrons. The Hall–Kier alpha value is -1.29. The molecule has 0 aromatic heterocycles. The predicted octanol–water partition coefficient (Wildman–Crippen LogP) is 3.51. The smallest absolute Gasteiger partial charge is 0.409 e. The van der Waals surface area contributed by atoms with E-state index in [2.05, 4.69) is 11.7 Å². The van der Waals surface area contributed by atoms with Gasteiger partial charge in [-0.1, -0.05) is 24.3 Å². The lowest BCUT2D eigenvalue weighted by Crippen LogP contribution is -2.33. The standard InChI is InChI=1S/C13H17ClNO4P/c1-3-4-10-18-13(16)11(2)15-20(14,17)19-12-8-6-5-7-9-12/h3,5-9,11H,1,4,10H2,2H3,(H,15,17)/t11-,20?/m0/s1. The molecule has 1 N–H and O–H groups in total. The molecule has 5 nitrogen and oxygen atoms in total. The topological polar surface area (TPSA) is 64.6 Å². The largest absolute Gasteiger partial charge is 0.464 e. The first-order valence-electron chi connectivity index (χ1n) is 6.04. The molecular formula is C13H17ClNO4P. The summed E-state index contributed by atoms with van der Waals surface area (Å²) in [6.07, 6.45) is 2.19. The molecule has 1 aromatic carbocycles. The lowest BCUT2D eigenvalue weighted by Gasteiger charge is -2.18. The molecule has 0 aliphatic carbocycles. The molecule has 0 heterocycles. The van der Waals surface area contributed by atoms with Crippen LogP contribution in [0.4, 0.5) is 0 Å². The first-order chi connectivity index (χ1) is 9.44. The molecule has 0 bridgehead atoms. The molecule has 0 spiro atoms. The summed E-state index contributed by atoms with van der Waals surface area (Å²) >= 11 is 5.77. The molecule has 1 rings (SSSR count). The third-order valence-electron chi connectivity index (χ3n) is 2.23. The van der Waals surface area contributed by atoms with Crippen molar-refractivity contribution in [2.24, 2.45) is 0 Å². The first kappa shape index (κ1) is 16.8. The second-order valence-corrected chi connectivity index (χ2v) is 6.71. The second-order valence-electron chi connectivity index (χ2n) is 3.98. The number of carbonyl (C=O) groups excluding carboxylic acids is 1. The van der Waals surface area contributed by atoms with Crippen LogP contribution in [0.5, 0.6) is 5.75 Å². The van der Waals surface area contributed by atoms with Crippen molar-refractivity contribution in [3.63, 3.8) is 0 Å². The molecule has 0 amide bonds. The zero-order valence-corrected chi connectivity index (χ0v) is 12.8. The Labute approximate surface area is 123 Å². The van der Waals surface area contributed by atoms with Gasteiger partial charge in [0.2, 0.25) is 0 Å². The van der Waals surface area contributed by atoms with Crippen LogP contribution < -0.4 is 9.61 Å². The molecule has 20 heavy (non-hydrogen) atoms. The van der Waals surface area contributed by atoms with Gasteiger partial charge in [0.15, 0.2) is 0 Å². The highest BCUT2D eigenvalue weighted by molar-refractivity contribution is 7.84. The zero-order valence-electron chi connectivity index (χ0n) is 11.1. The molecule has 0 aliphatic heterocycles. The summed E-state index contributed by atoms with van der Waals surface area (Å²) in [5, 5.41) is 2.43. The Morgan fingerprint density at radius 2 is 2.15 bits per heavy atom. The van der Waals surface area contributed by atoms with Crippen LogP contribution in [0.3, 0.4) is 0 Å². The van der Waals surface area contributed by atoms with Gasteiger partial charge in [0.05, 0.1) is 6.61 Å². The first-order valence-corrected chi connectivity index (χ1v) is 8.57. The van der Waals surface area contributed by atoms with E-state index in [-0.39, 0.29) is 6.61 Å². The molecule has 2 atom stereocenters. The Morgan fingerprint density at radius 3 is 2.75 bits per heavy atom. The third kappa shape index (κ3) is 6.24. The minimum atomic E-state index is -3.66. The molecule has 0 saturated carbocycles. The van der Waals surface area contributed by atoms with Crippen LogP contribution in [-0.2, 0) is 14.1 Å². The maximum Gasteiger partial charge on any atom is 0.409 e. The Bertz CT molecular complexity index is 494. The SMILES string of the molecule is C=CCCOC(=O)[C@H](C)NP(=O)(Cl)Oc1ccccc1. The molecule has 0 fully saturated rings. The number of ether oxygens (including phenoxy) is 1. The normalized spacial score (nSPS) is 14.9. The quantitative estimate of drug-likeness (QED) is 0.344. The Balaban J connectivity index is 2.50. The van der Waals surface area contributed by atoms with E-state index in [0.29, 0.717) is 12.2 Å². The molecule has 1 unspecified atom stereocenters. The number of carbonyl (C=O) groups is 1. The van der Waals surface area contributed by atoms with Crippen molar-refractivity contribution in [1.29, 1.82) is 0 Å². The van der Waals surface area contributed by atoms with E-state index in [0.717, 1.165) is 0 Å². The van der Waals surface area contributed by atoms with E-state index in [1.54, 1.807) is 36.4 Å². The van der Waals surface area contributed by atoms with Crippen LogP contribution in [0.25, 0.3) is 0 Å². The van der Waals surface area contributed by atoms with E-state index < -0.39 is 18.9 Å². The van der Waals surface area contributed by atoms with Crippen molar-refractivity contribution in [3.8, 4) is 5.75 Å². The van der Waals surface area contributed by atoms with Crippen molar-refractivity contribution >= 4 is 24.1 Å². The monoisotopic (exact) mass is 317 g/mol. The van der Waals surface area contributed by atoms with E-state index in [4.69, 9.17) is 20.5 Å². The molecule has 0 saturated heterocycles. The fourth-order valence-corrected chi connectivity index (χ4v) is 2.99. The minimum Gasteiger partial charge on any atom is -0.464 e. The molecule has 110 valence electrons. The van der Waals surface area contributed by atoms with Gasteiger partial charge in [0.1, 0.15) is 11.8 Å². The highest BCUT2D eigenvalue weighted by Crippen LogP contribution is 2.48. The van der Waals surface area contributed by atoms with Gasteiger partial charge in [0.25, 0.3) is 0 Å². The van der Waals surface area contributed by atoms with Gasteiger partial charge in [-0.25, -0.2) is 9.65 Å². The lowest BCUT2D eigenvalue weighted by atomic mass is 10.3. The third-order valence-corrected chi connectivity index (χ3v) is 3.87. The average Bonchev–Trinajstić information content (AvgIpc) is 2.38. The minimum absolute atomic E-state index is 0.223. The summed E-state index contributed by atoms with van der Waals surface area (Å²) < 4.78 is 22.1. The molecule has 1 aromatic rings. The van der Waals surface area contributed by atoms with Gasteiger partial charge in [0, 0.05) is 11.2 Å². The van der Waals surface area contributed by atoms with Crippen LogP contribution >= 0.6 is 18.1 Å². The summed E-state index contributed by atoms with van der Waals surface area (Å²) in [6.45, 7) is 1.58. The highest BCUT2D eigenvalue weighted by atomic mass is 35.7. The highest BCUT2D eigenvalue weighted by Gasteiger charge is 2.27. The Kier molecular flexibility index (Phi) is 6.79. The van der Waals surface area contributed by atoms with Crippen LogP contribution in [0, 0.1) is 0 Å². The van der Waals surface area contributed by atoms with Crippen LogP contribution in [0.15, 0.2) is 43.0 Å². The van der Waals surface area contributed by atoms with Gasteiger partial charge in [-0.15, -0.1) is 6.58 Å². The molecular weight excluding hydrogens is 301 g/mol. The van der Waals surface area contributed by atoms with Gasteiger partial charge < -0.3 is 9.26 Å². The summed E-state index contributed by atoms with van der Waals surface area (Å²) in [4.78, 5) is 11.6. The summed E-state index contributed by atoms with van der Waals surface area (Å²) in [5.41, 5.74) is 0. The number of benzene rings is 1. The molecule has 0 aliphatic rings. The van der Waals surface area contributed by atoms with Gasteiger partial charge in [-0.05, 0) is 25.5 Å². The van der Waals surface area contributed by atoms with Crippen molar-refractivity contribution in [1.82, 2.24) is 5.09 Å². The van der Waals surface area contributed by atoms with Gasteiger partial charge >= 0.3 is 12.8 Å². The summed E-state index contributed by atoms with van der Waals surface area (Å²) in [5.74, 6) is -0.199. The zero-order chi connectivity index (χ0) is 15.0. The van der Waals surface area contributed by atoms with Gasteiger partial charge in [-0.3, -0.25) is 4.79 Å². The van der Waals surface area contributed by atoms with Crippen LogP contribution in [0.2, 0.25) is 0 Å². The number of nitrogens with one attached hydrogen (secondary N) is 1. The maximum absolute atomic E-state index is 12.0. The van der Waals surface area contributed by atoms with Crippen molar-refractivity contribution in [2.75, 3.05) is 6.61 Å². The van der Waals surface area contributed by atoms with Crippen molar-refractivity contribution in [3.05, 3.63) is 43.0 Å². The number of para-hydroxylation sites is 1. The number of hydrogen-bond donors (Lipinski definition) is 1. The van der Waals surface area contributed by atoms with Crippen molar-refractivity contribution < 1.29 is 18.6 Å². The van der Waals surface area contributed by atoms with Crippen LogP contribution in [0.1, 0.15) is 13.3 Å². The predicted molar refractivity (Wildman–Crippen MR) is 78.9 cm³/mol. The van der Waals surface area contributed by atoms with E-state index in [1.165, 1.54) is 6.92 Å². The fraction of sp³-hybridized carbons (Fsp3) is 0.308. The maximum atomic E-state index is 12.0. The van der Waals surface area contributed by atoms with Gasteiger partial charge in [-0.2, -0.15) is 0 Å². The number of halogens is 1. The number of esters is 1. The average molecular weight is 318 g/mol. The lowest BCUT2D eigenvalue weighted by molar-refractivity contribution is -0.145. The summed E-state index contributed by atoms with van der Waals surface area (Å²) in [6, 6.07) is 7.62. The Morgan fingerprint density at radius 1 is 1.50 bits per heavy atom. The van der Waals surface area contributed by atoms with E-state index >= 15 is 0 Å². The number of hydrogen-bond acceptors (Lipinski definition) is 4. The van der Waals surface area contributed by atoms with Crippen molar-refractivity contribution in [2.45, 2.75) is 19.4 Å². The fourth-order valence-electron chi connectivity index (χ4n) is 1.30. The van der Waals surface area contributed by atoms with E-state index in [1.807, 2.05) is 0 Å². The molecule has 7 heteroatoms. The van der Waals surface area contributed by atoms with E-state index in [9.17, 15) is 9.36 Å².